The molecule has 2 fully saturated rings. The summed E-state index contributed by atoms with van der Waals surface area (Å²) < 4.78 is 2.46. The lowest BCUT2D eigenvalue weighted by Gasteiger charge is -2.44. The fourth-order valence-electron chi connectivity index (χ4n) is 8.33. The molecule has 2 rings (SSSR count). The number of nitrogens with two attached hydrogens (primary N) is 2. The molecule has 2 amide bonds. The summed E-state index contributed by atoms with van der Waals surface area (Å²) in [6.07, 6.45) is 31.1. The van der Waals surface area contributed by atoms with Gasteiger partial charge in [-0.05, 0) is 51.4 Å². The third-order valence-electron chi connectivity index (χ3n) is 11.6. The van der Waals surface area contributed by atoms with E-state index in [-0.39, 0.29) is 23.7 Å². The van der Waals surface area contributed by atoms with Crippen LogP contribution in [0.3, 0.4) is 0 Å². The van der Waals surface area contributed by atoms with Crippen molar-refractivity contribution in [3.63, 3.8) is 0 Å². The minimum absolute atomic E-state index is 0.0845. The van der Waals surface area contributed by atoms with Crippen LogP contribution in [0.5, 0.6) is 0 Å². The van der Waals surface area contributed by atoms with Crippen LogP contribution in [0.1, 0.15) is 168 Å². The van der Waals surface area contributed by atoms with Gasteiger partial charge in [-0.1, -0.05) is 90.9 Å². The summed E-state index contributed by atoms with van der Waals surface area (Å²) in [7, 11) is 0. The number of nitrogens with zero attached hydrogens (tertiary/aromatic N) is 2. The number of primary amides is 2. The quantitative estimate of drug-likeness (QED) is 0.0716. The molecule has 0 saturated carbocycles. The Balaban J connectivity index is 1.74. The summed E-state index contributed by atoms with van der Waals surface area (Å²) >= 11 is 0. The van der Waals surface area contributed by atoms with E-state index in [1.54, 1.807) is 0 Å². The standard InChI is InChI=1S/C38H74N4O2/c1-3-5-7-9-11-13-15-19-27-41(31-23-35(24-32-41)37(39)43)29-21-17-18-22-30-42(33-25-36(26-34-42)38(40)44)28-20-16-14-12-10-8-6-4-2/h35-36H,3-34H2,1-2H3,(H2-2,39,40,43,44)/p+2. The van der Waals surface area contributed by atoms with Crippen LogP contribution in [0.25, 0.3) is 0 Å². The Morgan fingerprint density at radius 2 is 0.659 bits per heavy atom. The van der Waals surface area contributed by atoms with Crippen molar-refractivity contribution in [2.45, 2.75) is 168 Å². The molecule has 6 nitrogen and oxygen atoms in total. The van der Waals surface area contributed by atoms with Gasteiger partial charge >= 0.3 is 0 Å². The highest BCUT2D eigenvalue weighted by Crippen LogP contribution is 2.28. The maximum absolute atomic E-state index is 11.9. The highest BCUT2D eigenvalue weighted by molar-refractivity contribution is 5.77. The first-order valence-corrected chi connectivity index (χ1v) is 19.6. The molecule has 4 N–H and O–H groups in total. The molecule has 0 spiro atoms. The monoisotopic (exact) mass is 621 g/mol. The molecule has 0 aliphatic carbocycles. The van der Waals surface area contributed by atoms with Crippen molar-refractivity contribution < 1.29 is 18.6 Å². The maximum atomic E-state index is 11.9. The Kier molecular flexibility index (Phi) is 20.6. The van der Waals surface area contributed by atoms with Gasteiger partial charge in [0.2, 0.25) is 11.8 Å². The van der Waals surface area contributed by atoms with Gasteiger partial charge in [0.1, 0.15) is 0 Å². The first kappa shape index (κ1) is 39.0. The van der Waals surface area contributed by atoms with Gasteiger partial charge in [-0.2, -0.15) is 0 Å². The molecular weight excluding hydrogens is 544 g/mol. The molecule has 2 aliphatic heterocycles. The van der Waals surface area contributed by atoms with E-state index < -0.39 is 0 Å². The summed E-state index contributed by atoms with van der Waals surface area (Å²) in [5.74, 6) is 0.0245. The lowest BCUT2D eigenvalue weighted by atomic mass is 9.92. The SMILES string of the molecule is CCCCCCCCCC[N+]1(CCCCCC[N+]2(CCCCCCCCCC)CCC(C(N)=O)CC2)CCC(C(N)=O)CC1. The molecule has 0 radical (unpaired) electrons. The van der Waals surface area contributed by atoms with Crippen molar-refractivity contribution in [1.29, 1.82) is 0 Å². The molecule has 0 aromatic carbocycles. The van der Waals surface area contributed by atoms with Crippen LogP contribution >= 0.6 is 0 Å². The van der Waals surface area contributed by atoms with E-state index in [0.717, 1.165) is 51.9 Å². The van der Waals surface area contributed by atoms with Gasteiger partial charge < -0.3 is 20.4 Å². The number of rotatable bonds is 27. The number of quaternary nitrogens is 2. The Morgan fingerprint density at radius 3 is 0.886 bits per heavy atom. The normalized spacial score (nSPS) is 25.7. The van der Waals surface area contributed by atoms with Crippen LogP contribution < -0.4 is 11.5 Å². The summed E-state index contributed by atoms with van der Waals surface area (Å²) in [6, 6.07) is 0. The zero-order valence-corrected chi connectivity index (χ0v) is 29.6. The summed E-state index contributed by atoms with van der Waals surface area (Å²) in [5, 5.41) is 0. The van der Waals surface area contributed by atoms with Gasteiger partial charge in [0.15, 0.2) is 0 Å². The molecule has 0 bridgehead atoms. The molecule has 258 valence electrons. The van der Waals surface area contributed by atoms with Crippen molar-refractivity contribution in [2.75, 3.05) is 52.4 Å². The summed E-state index contributed by atoms with van der Waals surface area (Å²) in [6.45, 7) is 14.3. The molecule has 2 saturated heterocycles. The Labute approximate surface area is 273 Å². The average molecular weight is 621 g/mol. The predicted octanol–water partition coefficient (Wildman–Crippen LogP) is 8.25. The van der Waals surface area contributed by atoms with Gasteiger partial charge in [-0.25, -0.2) is 0 Å². The summed E-state index contributed by atoms with van der Waals surface area (Å²) in [4.78, 5) is 23.7. The van der Waals surface area contributed by atoms with E-state index >= 15 is 0 Å². The first-order valence-electron chi connectivity index (χ1n) is 19.6. The third kappa shape index (κ3) is 15.9. The maximum Gasteiger partial charge on any atom is 0.220 e. The molecule has 2 heterocycles. The molecule has 0 aromatic heterocycles. The predicted molar refractivity (Wildman–Crippen MR) is 187 cm³/mol. The van der Waals surface area contributed by atoms with Crippen LogP contribution in [0.15, 0.2) is 0 Å². The van der Waals surface area contributed by atoms with Crippen molar-refractivity contribution in [3.8, 4) is 0 Å². The molecule has 44 heavy (non-hydrogen) atoms. The largest absolute Gasteiger partial charge is 0.369 e. The van der Waals surface area contributed by atoms with Crippen molar-refractivity contribution in [2.24, 2.45) is 23.3 Å². The number of piperidine rings is 2. The third-order valence-corrected chi connectivity index (χ3v) is 11.6. The molecule has 6 heteroatoms. The van der Waals surface area contributed by atoms with Gasteiger partial charge in [-0.3, -0.25) is 9.59 Å². The lowest BCUT2D eigenvalue weighted by Crippen LogP contribution is -2.55. The molecular formula is C38H76N4O2+2. The van der Waals surface area contributed by atoms with Crippen molar-refractivity contribution in [3.05, 3.63) is 0 Å². The minimum atomic E-state index is -0.0845. The number of unbranched alkanes of at least 4 members (excludes halogenated alkanes) is 17. The molecule has 2 aliphatic rings. The van der Waals surface area contributed by atoms with Crippen LogP contribution in [-0.2, 0) is 9.59 Å². The number of hydrogen-bond donors (Lipinski definition) is 2. The Morgan fingerprint density at radius 1 is 0.432 bits per heavy atom. The van der Waals surface area contributed by atoms with Crippen LogP contribution in [0, 0.1) is 11.8 Å². The zero-order valence-electron chi connectivity index (χ0n) is 29.6. The summed E-state index contributed by atoms with van der Waals surface area (Å²) in [5.41, 5.74) is 11.4. The molecule has 0 atom stereocenters. The van der Waals surface area contributed by atoms with Gasteiger partial charge in [0.05, 0.1) is 52.4 Å². The first-order chi connectivity index (χ1) is 21.4. The van der Waals surface area contributed by atoms with E-state index in [1.165, 1.54) is 164 Å². The fraction of sp³-hybridized carbons (Fsp3) is 0.947. The van der Waals surface area contributed by atoms with Crippen LogP contribution in [0.2, 0.25) is 0 Å². The van der Waals surface area contributed by atoms with Crippen LogP contribution in [-0.4, -0.2) is 73.1 Å². The van der Waals surface area contributed by atoms with Gasteiger partial charge in [-0.15, -0.1) is 0 Å². The van der Waals surface area contributed by atoms with Gasteiger partial charge in [0.25, 0.3) is 0 Å². The lowest BCUT2D eigenvalue weighted by molar-refractivity contribution is -0.934. The second kappa shape index (κ2) is 23.2. The molecule has 0 unspecified atom stereocenters. The van der Waals surface area contributed by atoms with Gasteiger partial charge in [0, 0.05) is 37.5 Å². The number of carbonyl (C=O) groups is 2. The highest BCUT2D eigenvalue weighted by Gasteiger charge is 2.36. The highest BCUT2D eigenvalue weighted by atomic mass is 16.1. The van der Waals surface area contributed by atoms with Crippen LogP contribution in [0.4, 0.5) is 0 Å². The number of amides is 2. The molecule has 0 aromatic rings. The van der Waals surface area contributed by atoms with E-state index in [4.69, 9.17) is 11.5 Å². The van der Waals surface area contributed by atoms with Crippen molar-refractivity contribution >= 4 is 11.8 Å². The Bertz CT molecular complexity index is 679. The van der Waals surface area contributed by atoms with Crippen molar-refractivity contribution in [1.82, 2.24) is 0 Å². The van der Waals surface area contributed by atoms with E-state index in [2.05, 4.69) is 13.8 Å². The Hall–Kier alpha value is -1.14. The topological polar surface area (TPSA) is 86.2 Å². The number of likely N-dealkylation sites (tertiary alicyclic amines) is 2. The van der Waals surface area contributed by atoms with E-state index in [9.17, 15) is 9.59 Å². The van der Waals surface area contributed by atoms with E-state index in [0.29, 0.717) is 0 Å². The number of hydrogen-bond acceptors (Lipinski definition) is 2. The smallest absolute Gasteiger partial charge is 0.220 e. The second-order valence-electron chi connectivity index (χ2n) is 15.2. The minimum Gasteiger partial charge on any atom is -0.369 e. The second-order valence-corrected chi connectivity index (χ2v) is 15.2. The van der Waals surface area contributed by atoms with E-state index in [1.807, 2.05) is 0 Å². The fourth-order valence-corrected chi connectivity index (χ4v) is 8.33. The average Bonchev–Trinajstić information content (AvgIpc) is 3.02. The number of carbonyl (C=O) groups excluding carboxylic acids is 2. The zero-order chi connectivity index (χ0) is 31.9.